The van der Waals surface area contributed by atoms with Gasteiger partial charge in [-0.2, -0.15) is 0 Å². The number of carboxylic acid groups (broad SMARTS) is 1. The molecule has 0 aliphatic carbocycles. The second-order valence-electron chi connectivity index (χ2n) is 7.91. The number of hydrogen-bond acceptors (Lipinski definition) is 19. The van der Waals surface area contributed by atoms with Gasteiger partial charge in [0.1, 0.15) is 48.8 Å². The molecule has 2 aliphatic heterocycles. The highest BCUT2D eigenvalue weighted by Crippen LogP contribution is 2.32. The van der Waals surface area contributed by atoms with Crippen LogP contribution in [0, 0.1) is 0 Å². The van der Waals surface area contributed by atoms with E-state index in [1.807, 2.05) is 0 Å². The highest BCUT2D eigenvalue weighted by Gasteiger charge is 2.53. The van der Waals surface area contributed by atoms with Crippen LogP contribution < -0.4 is 9.83 Å². The molecule has 2 rings (SSSR count). The molecule has 0 amide bonds. The quantitative estimate of drug-likeness (QED) is 0.135. The van der Waals surface area contributed by atoms with Gasteiger partial charge < -0.3 is 52.7 Å². The number of carboxylic acids is 1. The molecule has 10 atom stereocenters. The summed E-state index contributed by atoms with van der Waals surface area (Å²) in [6, 6.07) is -2.15. The van der Waals surface area contributed by atoms with E-state index in [0.29, 0.717) is 0 Å². The molecule has 2 aliphatic rings. The molecule has 2 saturated heterocycles. The van der Waals surface area contributed by atoms with Gasteiger partial charge in [0.05, 0.1) is 18.7 Å². The number of carbonyl (C=O) groups excluding carboxylic acids is 1. The zero-order chi connectivity index (χ0) is 29.2. The summed E-state index contributed by atoms with van der Waals surface area (Å²) in [7, 11) is -15.3. The number of aliphatic hydroxyl groups is 2. The van der Waals surface area contributed by atoms with E-state index in [-0.39, 0.29) is 6.42 Å². The third kappa shape index (κ3) is 8.93. The summed E-state index contributed by atoms with van der Waals surface area (Å²) in [6.07, 6.45) is -18.5. The predicted molar refractivity (Wildman–Crippen MR) is 107 cm³/mol. The molecule has 20 nitrogen and oxygen atoms in total. The van der Waals surface area contributed by atoms with Crippen molar-refractivity contribution in [3.05, 3.63) is 0 Å². The van der Waals surface area contributed by atoms with Gasteiger partial charge in [0.2, 0.25) is 20.8 Å². The summed E-state index contributed by atoms with van der Waals surface area (Å²) < 4.78 is 130. The Bertz CT molecular complexity index is 1140. The fourth-order valence-corrected chi connectivity index (χ4v) is 5.31. The van der Waals surface area contributed by atoms with Gasteiger partial charge in [0.25, 0.3) is 0 Å². The smallest absolute Gasteiger partial charge is 0.218 e. The van der Waals surface area contributed by atoms with Crippen molar-refractivity contribution in [1.82, 2.24) is 4.72 Å². The van der Waals surface area contributed by atoms with Crippen molar-refractivity contribution in [2.24, 2.45) is 0 Å². The van der Waals surface area contributed by atoms with Crippen LogP contribution in [-0.2, 0) is 63.2 Å². The second-order valence-corrected chi connectivity index (χ2v) is 11.1. The lowest BCUT2D eigenvalue weighted by Crippen LogP contribution is -2.69. The first-order valence-electron chi connectivity index (χ1n) is 10.3. The maximum Gasteiger partial charge on any atom is 0.218 e. The Balaban J connectivity index is 2.49. The number of hydrogen-bond donors (Lipinski definition) is 3. The van der Waals surface area contributed by atoms with Crippen LogP contribution in [0.15, 0.2) is 0 Å². The highest BCUT2D eigenvalue weighted by atomic mass is 32.3. The predicted octanol–water partition coefficient (Wildman–Crippen LogP) is -6.50. The van der Waals surface area contributed by atoms with E-state index in [9.17, 15) is 59.0 Å². The number of rotatable bonds is 12. The number of nitrogens with one attached hydrogen (secondary N) is 1. The van der Waals surface area contributed by atoms with E-state index in [0.717, 1.165) is 7.11 Å². The Kier molecular flexibility index (Phi) is 10.9. The van der Waals surface area contributed by atoms with Crippen molar-refractivity contribution in [2.45, 2.75) is 74.5 Å². The molecule has 0 aromatic heterocycles. The van der Waals surface area contributed by atoms with Gasteiger partial charge in [-0.15, -0.1) is 0 Å². The Hall–Kier alpha value is -1.16. The standard InChI is InChI=1S/C15H27NO19S3/c1-3-5-11(35-38(27,28)29)9(18)12(13(32-5)14(19)20)34-15-7(16-36(21,22)23)8(17)10(30-2)6(33-15)4-31-37(24,25)26/h5-13,15-18H,3-4H2,1-2H3,(H,19,20)(H,21,22,23)(H,24,25,26)(H,27,28,29)/p-4/t5-,6?,7?,8-,9-,10+,11?,12+,13?,15-/m0/s1. The van der Waals surface area contributed by atoms with Crippen molar-refractivity contribution in [2.75, 3.05) is 13.7 Å². The minimum atomic E-state index is -5.51. The number of ether oxygens (including phenoxy) is 4. The van der Waals surface area contributed by atoms with Crippen molar-refractivity contribution in [3.8, 4) is 0 Å². The van der Waals surface area contributed by atoms with Crippen LogP contribution in [0.1, 0.15) is 13.3 Å². The number of aliphatic hydroxyl groups excluding tert-OH is 2. The first kappa shape index (κ1) is 33.0. The van der Waals surface area contributed by atoms with E-state index in [1.54, 1.807) is 0 Å². The largest absolute Gasteiger partial charge is 0.735 e. The summed E-state index contributed by atoms with van der Waals surface area (Å²) in [6.45, 7) is 0.182. The Morgan fingerprint density at radius 3 is 1.97 bits per heavy atom. The normalized spacial score (nSPS) is 37.1. The molecule has 0 spiro atoms. The van der Waals surface area contributed by atoms with Gasteiger partial charge in [-0.3, -0.25) is 8.37 Å². The van der Waals surface area contributed by atoms with Crippen LogP contribution in [-0.4, -0.2) is 130 Å². The molecular weight excluding hydrogens is 594 g/mol. The lowest BCUT2D eigenvalue weighted by Gasteiger charge is -2.49. The van der Waals surface area contributed by atoms with Crippen molar-refractivity contribution < 1.29 is 86.3 Å². The van der Waals surface area contributed by atoms with Crippen molar-refractivity contribution >= 4 is 37.1 Å². The average molecular weight is 618 g/mol. The summed E-state index contributed by atoms with van der Waals surface area (Å²) in [5.74, 6) is -2.06. The molecule has 0 radical (unpaired) electrons. The van der Waals surface area contributed by atoms with Gasteiger partial charge >= 0.3 is 0 Å². The zero-order valence-corrected chi connectivity index (χ0v) is 21.7. The van der Waals surface area contributed by atoms with Crippen molar-refractivity contribution in [3.63, 3.8) is 0 Å². The van der Waals surface area contributed by atoms with Crippen LogP contribution in [0.3, 0.4) is 0 Å². The highest BCUT2D eigenvalue weighted by molar-refractivity contribution is 7.83. The van der Waals surface area contributed by atoms with Crippen LogP contribution in [0.25, 0.3) is 0 Å². The minimum absolute atomic E-state index is 0.205. The Morgan fingerprint density at radius 2 is 1.53 bits per heavy atom. The number of methoxy groups -OCH3 is 1. The first-order valence-corrected chi connectivity index (χ1v) is 14.4. The molecule has 0 aromatic rings. The summed E-state index contributed by atoms with van der Waals surface area (Å²) in [5.41, 5.74) is 0. The zero-order valence-electron chi connectivity index (χ0n) is 19.2. The van der Waals surface area contributed by atoms with Crippen LogP contribution >= 0.6 is 0 Å². The molecule has 0 aromatic carbocycles. The summed E-state index contributed by atoms with van der Waals surface area (Å²) in [5, 5.41) is 33.0. The lowest BCUT2D eigenvalue weighted by atomic mass is 9.92. The first-order chi connectivity index (χ1) is 17.3. The molecule has 23 heteroatoms. The summed E-state index contributed by atoms with van der Waals surface area (Å²) >= 11 is 0. The Morgan fingerprint density at radius 1 is 0.921 bits per heavy atom. The molecule has 0 saturated carbocycles. The van der Waals surface area contributed by atoms with E-state index in [2.05, 4.69) is 8.37 Å². The minimum Gasteiger partial charge on any atom is -0.735 e. The fraction of sp³-hybridized carbons (Fsp3) is 0.933. The SMILES string of the molecule is CC[C@@H]1OC(C(=O)[O-])[C@H](O[C@@H]2OC(COS(=O)(=O)[O-])[C@@H](OC)[C@@H](O)C2NS(=O)(=O)[O-])[C@@H](O)C1OS(=O)(=O)[O-]. The van der Waals surface area contributed by atoms with E-state index < -0.39 is 105 Å². The van der Waals surface area contributed by atoms with Gasteiger partial charge in [-0.25, -0.2) is 30.0 Å². The molecule has 2 fully saturated rings. The molecular formula is C15H23NO19S3-4. The second kappa shape index (κ2) is 12.6. The van der Waals surface area contributed by atoms with Gasteiger partial charge in [-0.1, -0.05) is 6.92 Å². The number of carbonyl (C=O) groups is 1. The van der Waals surface area contributed by atoms with E-state index in [1.165, 1.54) is 11.6 Å². The molecule has 0 bridgehead atoms. The van der Waals surface area contributed by atoms with Crippen LogP contribution in [0.4, 0.5) is 0 Å². The van der Waals surface area contributed by atoms with Crippen molar-refractivity contribution in [1.29, 1.82) is 0 Å². The van der Waals surface area contributed by atoms with E-state index in [4.69, 9.17) is 18.9 Å². The lowest BCUT2D eigenvalue weighted by molar-refractivity contribution is -0.350. The average Bonchev–Trinajstić information content (AvgIpc) is 2.75. The van der Waals surface area contributed by atoms with Gasteiger partial charge in [0, 0.05) is 7.11 Å². The monoisotopic (exact) mass is 617 g/mol. The molecule has 38 heavy (non-hydrogen) atoms. The maximum absolute atomic E-state index is 11.7. The molecule has 224 valence electrons. The summed E-state index contributed by atoms with van der Waals surface area (Å²) in [4.78, 5) is 11.7. The molecule has 2 heterocycles. The topological polar surface area (TPSA) is 320 Å². The number of aliphatic carboxylic acids is 1. The molecule has 3 N–H and O–H groups in total. The molecule has 4 unspecified atom stereocenters. The third-order valence-corrected chi connectivity index (χ3v) is 6.86. The van der Waals surface area contributed by atoms with Crippen LogP contribution in [0.5, 0.6) is 0 Å². The fourth-order valence-electron chi connectivity index (χ4n) is 3.91. The van der Waals surface area contributed by atoms with Crippen LogP contribution in [0.2, 0.25) is 0 Å². The van der Waals surface area contributed by atoms with Gasteiger partial charge in [0.15, 0.2) is 16.6 Å². The Labute approximate surface area is 216 Å². The van der Waals surface area contributed by atoms with E-state index >= 15 is 0 Å². The van der Waals surface area contributed by atoms with Gasteiger partial charge in [-0.05, 0) is 6.42 Å². The third-order valence-electron chi connectivity index (χ3n) is 5.42. The maximum atomic E-state index is 11.7.